The molecule has 0 aliphatic carbocycles. The third-order valence-corrected chi connectivity index (χ3v) is 4.36. The van der Waals surface area contributed by atoms with E-state index in [0.717, 1.165) is 32.6 Å². The number of benzene rings is 1. The number of likely N-dealkylation sites (tertiary alicyclic amines) is 1. The van der Waals surface area contributed by atoms with E-state index in [1.807, 2.05) is 6.07 Å². The molecule has 2 atom stereocenters. The summed E-state index contributed by atoms with van der Waals surface area (Å²) in [6, 6.07) is 10.9. The number of carbonyl (C=O) groups is 1. The molecule has 1 aromatic carbocycles. The molecule has 1 aliphatic rings. The van der Waals surface area contributed by atoms with Gasteiger partial charge in [-0.2, -0.15) is 0 Å². The van der Waals surface area contributed by atoms with Gasteiger partial charge in [0.15, 0.2) is 0 Å². The van der Waals surface area contributed by atoms with E-state index in [4.69, 9.17) is 4.74 Å². The third kappa shape index (κ3) is 6.32. The van der Waals surface area contributed by atoms with Gasteiger partial charge < -0.3 is 15.0 Å². The molecule has 1 heterocycles. The van der Waals surface area contributed by atoms with E-state index in [9.17, 15) is 4.79 Å². The Balaban J connectivity index is 1.92. The zero-order chi connectivity index (χ0) is 16.7. The first-order valence-corrected chi connectivity index (χ1v) is 8.63. The van der Waals surface area contributed by atoms with Gasteiger partial charge in [-0.3, -0.25) is 4.79 Å². The van der Waals surface area contributed by atoms with E-state index < -0.39 is 0 Å². The van der Waals surface area contributed by atoms with Gasteiger partial charge in [-0.05, 0) is 23.8 Å². The molecule has 0 aromatic heterocycles. The lowest BCUT2D eigenvalue weighted by molar-refractivity contribution is -0.142. The van der Waals surface area contributed by atoms with Crippen molar-refractivity contribution in [1.82, 2.24) is 10.2 Å². The fraction of sp³-hybridized carbons (Fsp3) is 0.632. The Morgan fingerprint density at radius 1 is 1.30 bits per heavy atom. The second-order valence-electron chi connectivity index (χ2n) is 7.06. The molecule has 0 saturated carbocycles. The average molecular weight is 318 g/mol. The van der Waals surface area contributed by atoms with Crippen molar-refractivity contribution < 1.29 is 9.53 Å². The van der Waals surface area contributed by atoms with Crippen molar-refractivity contribution in [2.75, 3.05) is 26.7 Å². The summed E-state index contributed by atoms with van der Waals surface area (Å²) in [6.45, 7) is 8.51. The summed E-state index contributed by atoms with van der Waals surface area (Å²) in [6.07, 6.45) is 1.56. The first kappa shape index (κ1) is 18.0. The number of esters is 1. The SMILES string of the molecule is COC(=O)CC1CC(NCc2ccccc2)CN(CC(C)C)C1. The Morgan fingerprint density at radius 2 is 2.04 bits per heavy atom. The van der Waals surface area contributed by atoms with Crippen LogP contribution in [0.2, 0.25) is 0 Å². The van der Waals surface area contributed by atoms with Crippen molar-refractivity contribution in [3.63, 3.8) is 0 Å². The number of hydrogen-bond acceptors (Lipinski definition) is 4. The minimum Gasteiger partial charge on any atom is -0.469 e. The molecule has 4 heteroatoms. The largest absolute Gasteiger partial charge is 0.469 e. The lowest BCUT2D eigenvalue weighted by Crippen LogP contribution is -2.50. The van der Waals surface area contributed by atoms with E-state index in [2.05, 4.69) is 48.3 Å². The van der Waals surface area contributed by atoms with Gasteiger partial charge in [0.1, 0.15) is 0 Å². The molecule has 1 fully saturated rings. The fourth-order valence-corrected chi connectivity index (χ4v) is 3.44. The monoisotopic (exact) mass is 318 g/mol. The smallest absolute Gasteiger partial charge is 0.305 e. The molecule has 0 radical (unpaired) electrons. The first-order chi connectivity index (χ1) is 11.1. The third-order valence-electron chi connectivity index (χ3n) is 4.36. The Labute approximate surface area is 140 Å². The molecule has 128 valence electrons. The maximum atomic E-state index is 11.6. The molecule has 0 spiro atoms. The molecule has 23 heavy (non-hydrogen) atoms. The van der Waals surface area contributed by atoms with E-state index >= 15 is 0 Å². The molecule has 4 nitrogen and oxygen atoms in total. The number of ether oxygens (including phenoxy) is 1. The normalized spacial score (nSPS) is 22.3. The molecule has 2 rings (SSSR count). The Bertz CT molecular complexity index is 476. The van der Waals surface area contributed by atoms with Crippen LogP contribution >= 0.6 is 0 Å². The van der Waals surface area contributed by atoms with Gasteiger partial charge in [-0.25, -0.2) is 0 Å². The average Bonchev–Trinajstić information content (AvgIpc) is 2.53. The Morgan fingerprint density at radius 3 is 2.70 bits per heavy atom. The Hall–Kier alpha value is -1.39. The second kappa shape index (κ2) is 9.04. The van der Waals surface area contributed by atoms with Crippen LogP contribution in [0.1, 0.15) is 32.3 Å². The van der Waals surface area contributed by atoms with E-state index in [1.165, 1.54) is 12.7 Å². The lowest BCUT2D eigenvalue weighted by atomic mass is 9.90. The molecular weight excluding hydrogens is 288 g/mol. The standard InChI is InChI=1S/C19H30N2O2/c1-15(2)12-21-13-17(10-19(22)23-3)9-18(14-21)20-11-16-7-5-4-6-8-16/h4-8,15,17-18,20H,9-14H2,1-3H3. The van der Waals surface area contributed by atoms with Crippen LogP contribution in [0, 0.1) is 11.8 Å². The van der Waals surface area contributed by atoms with Crippen LogP contribution in [0.15, 0.2) is 30.3 Å². The van der Waals surface area contributed by atoms with Crippen LogP contribution in [0.4, 0.5) is 0 Å². The zero-order valence-corrected chi connectivity index (χ0v) is 14.6. The van der Waals surface area contributed by atoms with Crippen molar-refractivity contribution in [2.24, 2.45) is 11.8 Å². The zero-order valence-electron chi connectivity index (χ0n) is 14.6. The van der Waals surface area contributed by atoms with Crippen LogP contribution in [0.25, 0.3) is 0 Å². The Kier molecular flexibility index (Phi) is 7.06. The number of piperidine rings is 1. The predicted molar refractivity (Wildman–Crippen MR) is 93.1 cm³/mol. The van der Waals surface area contributed by atoms with Crippen LogP contribution < -0.4 is 5.32 Å². The minimum absolute atomic E-state index is 0.0943. The second-order valence-corrected chi connectivity index (χ2v) is 7.06. The fourth-order valence-electron chi connectivity index (χ4n) is 3.44. The van der Waals surface area contributed by atoms with Crippen LogP contribution in [0.5, 0.6) is 0 Å². The number of rotatable bonds is 7. The van der Waals surface area contributed by atoms with Gasteiger partial charge in [0.2, 0.25) is 0 Å². The summed E-state index contributed by atoms with van der Waals surface area (Å²) in [5, 5.41) is 3.67. The van der Waals surface area contributed by atoms with Crippen LogP contribution in [-0.2, 0) is 16.1 Å². The molecule has 1 aliphatic heterocycles. The van der Waals surface area contributed by atoms with Gasteiger partial charge in [-0.1, -0.05) is 44.2 Å². The number of methoxy groups -OCH3 is 1. The number of hydrogen-bond donors (Lipinski definition) is 1. The van der Waals surface area contributed by atoms with Crippen molar-refractivity contribution in [1.29, 1.82) is 0 Å². The maximum absolute atomic E-state index is 11.6. The van der Waals surface area contributed by atoms with Crippen LogP contribution in [-0.4, -0.2) is 43.7 Å². The first-order valence-electron chi connectivity index (χ1n) is 8.63. The minimum atomic E-state index is -0.0943. The van der Waals surface area contributed by atoms with Gasteiger partial charge in [-0.15, -0.1) is 0 Å². The van der Waals surface area contributed by atoms with Gasteiger partial charge >= 0.3 is 5.97 Å². The van der Waals surface area contributed by atoms with Gasteiger partial charge in [0, 0.05) is 38.6 Å². The predicted octanol–water partition coefficient (Wildman–Crippen LogP) is 2.69. The summed E-state index contributed by atoms with van der Waals surface area (Å²) in [4.78, 5) is 14.1. The van der Waals surface area contributed by atoms with Crippen molar-refractivity contribution in [2.45, 2.75) is 39.3 Å². The highest BCUT2D eigenvalue weighted by molar-refractivity contribution is 5.69. The molecule has 1 aromatic rings. The molecule has 0 bridgehead atoms. The van der Waals surface area contributed by atoms with Gasteiger partial charge in [0.25, 0.3) is 0 Å². The van der Waals surface area contributed by atoms with Crippen molar-refractivity contribution in [3.05, 3.63) is 35.9 Å². The summed E-state index contributed by atoms with van der Waals surface area (Å²) in [7, 11) is 1.47. The highest BCUT2D eigenvalue weighted by Crippen LogP contribution is 2.22. The number of nitrogens with one attached hydrogen (secondary N) is 1. The van der Waals surface area contributed by atoms with E-state index in [1.54, 1.807) is 0 Å². The number of nitrogens with zero attached hydrogens (tertiary/aromatic N) is 1. The quantitative estimate of drug-likeness (QED) is 0.785. The summed E-state index contributed by atoms with van der Waals surface area (Å²) < 4.78 is 4.86. The van der Waals surface area contributed by atoms with Crippen LogP contribution in [0.3, 0.4) is 0 Å². The van der Waals surface area contributed by atoms with Crippen molar-refractivity contribution >= 4 is 5.97 Å². The molecular formula is C19H30N2O2. The highest BCUT2D eigenvalue weighted by Gasteiger charge is 2.28. The highest BCUT2D eigenvalue weighted by atomic mass is 16.5. The molecule has 1 saturated heterocycles. The van der Waals surface area contributed by atoms with E-state index in [0.29, 0.717) is 24.3 Å². The van der Waals surface area contributed by atoms with E-state index in [-0.39, 0.29) is 5.97 Å². The topological polar surface area (TPSA) is 41.6 Å². The lowest BCUT2D eigenvalue weighted by Gasteiger charge is -2.38. The number of carbonyl (C=O) groups excluding carboxylic acids is 1. The summed E-state index contributed by atoms with van der Waals surface area (Å²) in [5.74, 6) is 0.924. The summed E-state index contributed by atoms with van der Waals surface area (Å²) in [5.41, 5.74) is 1.30. The van der Waals surface area contributed by atoms with Crippen molar-refractivity contribution in [3.8, 4) is 0 Å². The maximum Gasteiger partial charge on any atom is 0.305 e. The molecule has 0 amide bonds. The molecule has 1 N–H and O–H groups in total. The molecule has 2 unspecified atom stereocenters. The van der Waals surface area contributed by atoms with Gasteiger partial charge in [0.05, 0.1) is 7.11 Å². The summed E-state index contributed by atoms with van der Waals surface area (Å²) >= 11 is 0.